The SMILES string of the molecule is COc1c(C)cnc(Cn2cnccc2=O)c1C. The zero-order valence-electron chi connectivity index (χ0n) is 10.7. The van der Waals surface area contributed by atoms with E-state index in [9.17, 15) is 4.79 Å². The van der Waals surface area contributed by atoms with Crippen LogP contribution in [0.25, 0.3) is 0 Å². The van der Waals surface area contributed by atoms with E-state index in [1.54, 1.807) is 13.3 Å². The first-order valence-electron chi connectivity index (χ1n) is 5.63. The summed E-state index contributed by atoms with van der Waals surface area (Å²) in [6.45, 7) is 4.28. The minimum atomic E-state index is -0.0919. The van der Waals surface area contributed by atoms with Gasteiger partial charge in [0.25, 0.3) is 5.56 Å². The molecule has 0 unspecified atom stereocenters. The molecule has 0 radical (unpaired) electrons. The molecule has 0 amide bonds. The lowest BCUT2D eigenvalue weighted by atomic mass is 10.1. The summed E-state index contributed by atoms with van der Waals surface area (Å²) in [7, 11) is 1.63. The molecule has 2 rings (SSSR count). The maximum atomic E-state index is 11.6. The van der Waals surface area contributed by atoms with Gasteiger partial charge >= 0.3 is 0 Å². The zero-order chi connectivity index (χ0) is 13.1. The number of pyridine rings is 1. The Morgan fingerprint density at radius 3 is 2.83 bits per heavy atom. The van der Waals surface area contributed by atoms with Gasteiger partial charge in [0.1, 0.15) is 5.75 Å². The smallest absolute Gasteiger partial charge is 0.253 e. The van der Waals surface area contributed by atoms with E-state index in [0.29, 0.717) is 6.54 Å². The quantitative estimate of drug-likeness (QED) is 0.818. The van der Waals surface area contributed by atoms with Crippen LogP contribution in [-0.2, 0) is 6.54 Å². The van der Waals surface area contributed by atoms with Crippen LogP contribution in [0.3, 0.4) is 0 Å². The average molecular weight is 245 g/mol. The van der Waals surface area contributed by atoms with Gasteiger partial charge in [0.05, 0.1) is 25.7 Å². The first-order valence-corrected chi connectivity index (χ1v) is 5.63. The Balaban J connectivity index is 2.42. The molecule has 5 nitrogen and oxygen atoms in total. The third-order valence-electron chi connectivity index (χ3n) is 2.86. The van der Waals surface area contributed by atoms with Gasteiger partial charge in [0.2, 0.25) is 0 Å². The second kappa shape index (κ2) is 5.00. The van der Waals surface area contributed by atoms with Crippen molar-refractivity contribution in [2.45, 2.75) is 20.4 Å². The Hall–Kier alpha value is -2.17. The molecule has 0 bridgehead atoms. The number of methoxy groups -OCH3 is 1. The summed E-state index contributed by atoms with van der Waals surface area (Å²) < 4.78 is 6.86. The summed E-state index contributed by atoms with van der Waals surface area (Å²) in [5.41, 5.74) is 2.66. The van der Waals surface area contributed by atoms with Gasteiger partial charge in [-0.15, -0.1) is 0 Å². The van der Waals surface area contributed by atoms with E-state index in [-0.39, 0.29) is 5.56 Å². The van der Waals surface area contributed by atoms with E-state index in [1.165, 1.54) is 23.2 Å². The minimum absolute atomic E-state index is 0.0919. The molecule has 0 N–H and O–H groups in total. The first-order chi connectivity index (χ1) is 8.63. The van der Waals surface area contributed by atoms with Crippen molar-refractivity contribution in [3.05, 3.63) is 52.0 Å². The van der Waals surface area contributed by atoms with E-state index < -0.39 is 0 Å². The van der Waals surface area contributed by atoms with Crippen LogP contribution in [0.4, 0.5) is 0 Å². The van der Waals surface area contributed by atoms with E-state index in [2.05, 4.69) is 9.97 Å². The van der Waals surface area contributed by atoms with Crippen LogP contribution >= 0.6 is 0 Å². The Morgan fingerprint density at radius 1 is 1.39 bits per heavy atom. The summed E-state index contributed by atoms with van der Waals surface area (Å²) in [6.07, 6.45) is 4.74. The molecule has 0 spiro atoms. The summed E-state index contributed by atoms with van der Waals surface area (Å²) >= 11 is 0. The number of hydrogen-bond acceptors (Lipinski definition) is 4. The molecule has 0 fully saturated rings. The van der Waals surface area contributed by atoms with E-state index >= 15 is 0 Å². The highest BCUT2D eigenvalue weighted by Crippen LogP contribution is 2.24. The van der Waals surface area contributed by atoms with Crippen molar-refractivity contribution in [3.63, 3.8) is 0 Å². The lowest BCUT2D eigenvalue weighted by Crippen LogP contribution is -2.20. The Kier molecular flexibility index (Phi) is 3.41. The van der Waals surface area contributed by atoms with Gasteiger partial charge in [-0.25, -0.2) is 4.98 Å². The van der Waals surface area contributed by atoms with Crippen LogP contribution in [0.15, 0.2) is 29.6 Å². The normalized spacial score (nSPS) is 10.4. The summed E-state index contributed by atoms with van der Waals surface area (Å²) in [4.78, 5) is 19.9. The largest absolute Gasteiger partial charge is 0.496 e. The molecule has 0 aromatic carbocycles. The zero-order valence-corrected chi connectivity index (χ0v) is 10.7. The molecule has 0 aliphatic rings. The number of hydrogen-bond donors (Lipinski definition) is 0. The minimum Gasteiger partial charge on any atom is -0.496 e. The molecule has 5 heteroatoms. The van der Waals surface area contributed by atoms with Gasteiger partial charge in [0.15, 0.2) is 0 Å². The van der Waals surface area contributed by atoms with Gasteiger partial charge in [-0.3, -0.25) is 14.3 Å². The summed E-state index contributed by atoms with van der Waals surface area (Å²) in [6, 6.07) is 1.43. The number of aryl methyl sites for hydroxylation is 1. The molecule has 0 saturated heterocycles. The van der Waals surface area contributed by atoms with Crippen LogP contribution in [0.2, 0.25) is 0 Å². The topological polar surface area (TPSA) is 57.0 Å². The van der Waals surface area contributed by atoms with Crippen LogP contribution in [0.5, 0.6) is 5.75 Å². The number of ether oxygens (including phenoxy) is 1. The molecule has 18 heavy (non-hydrogen) atoms. The van der Waals surface area contributed by atoms with Crippen molar-refractivity contribution in [1.29, 1.82) is 0 Å². The monoisotopic (exact) mass is 245 g/mol. The molecule has 0 aliphatic carbocycles. The summed E-state index contributed by atoms with van der Waals surface area (Å²) in [5, 5.41) is 0. The van der Waals surface area contributed by atoms with Crippen molar-refractivity contribution in [2.75, 3.05) is 7.11 Å². The van der Waals surface area contributed by atoms with Gasteiger partial charge in [-0.2, -0.15) is 0 Å². The molecular weight excluding hydrogens is 230 g/mol. The molecule has 0 atom stereocenters. The van der Waals surface area contributed by atoms with E-state index in [0.717, 1.165) is 22.6 Å². The third kappa shape index (κ3) is 2.25. The fourth-order valence-electron chi connectivity index (χ4n) is 1.89. The lowest BCUT2D eigenvalue weighted by Gasteiger charge is -2.12. The predicted octanol–water partition coefficient (Wildman–Crippen LogP) is 1.31. The van der Waals surface area contributed by atoms with Gasteiger partial charge < -0.3 is 4.74 Å². The van der Waals surface area contributed by atoms with Gasteiger partial charge in [-0.1, -0.05) is 0 Å². The molecule has 0 saturated carbocycles. The molecule has 94 valence electrons. The highest BCUT2D eigenvalue weighted by atomic mass is 16.5. The van der Waals surface area contributed by atoms with E-state index in [4.69, 9.17) is 4.74 Å². The van der Waals surface area contributed by atoms with Gasteiger partial charge in [-0.05, 0) is 13.8 Å². The maximum absolute atomic E-state index is 11.6. The third-order valence-corrected chi connectivity index (χ3v) is 2.86. The maximum Gasteiger partial charge on any atom is 0.253 e. The lowest BCUT2D eigenvalue weighted by molar-refractivity contribution is 0.406. The Labute approximate surface area is 105 Å². The van der Waals surface area contributed by atoms with Crippen LogP contribution in [0, 0.1) is 13.8 Å². The molecule has 2 heterocycles. The van der Waals surface area contributed by atoms with Crippen LogP contribution in [-0.4, -0.2) is 21.6 Å². The molecular formula is C13H15N3O2. The van der Waals surface area contributed by atoms with Crippen molar-refractivity contribution < 1.29 is 4.74 Å². The number of aromatic nitrogens is 3. The number of rotatable bonds is 3. The molecule has 2 aromatic rings. The standard InChI is InChI=1S/C13H15N3O2/c1-9-6-15-11(10(2)13(9)18-3)7-16-8-14-5-4-12(16)17/h4-6,8H,7H2,1-3H3. The first kappa shape index (κ1) is 12.3. The highest BCUT2D eigenvalue weighted by molar-refractivity contribution is 5.41. The van der Waals surface area contributed by atoms with Crippen molar-refractivity contribution >= 4 is 0 Å². The fourth-order valence-corrected chi connectivity index (χ4v) is 1.89. The Bertz CT molecular complexity index is 620. The van der Waals surface area contributed by atoms with Gasteiger partial charge in [0, 0.05) is 29.6 Å². The molecule has 2 aromatic heterocycles. The Morgan fingerprint density at radius 2 is 2.17 bits per heavy atom. The second-order valence-corrected chi connectivity index (χ2v) is 4.09. The van der Waals surface area contributed by atoms with Crippen LogP contribution < -0.4 is 10.3 Å². The van der Waals surface area contributed by atoms with E-state index in [1.807, 2.05) is 13.8 Å². The van der Waals surface area contributed by atoms with Crippen LogP contribution in [0.1, 0.15) is 16.8 Å². The average Bonchev–Trinajstić information content (AvgIpc) is 2.36. The highest BCUT2D eigenvalue weighted by Gasteiger charge is 2.10. The van der Waals surface area contributed by atoms with Crippen molar-refractivity contribution in [2.24, 2.45) is 0 Å². The second-order valence-electron chi connectivity index (χ2n) is 4.09. The molecule has 0 aliphatic heterocycles. The fraction of sp³-hybridized carbons (Fsp3) is 0.308. The summed E-state index contributed by atoms with van der Waals surface area (Å²) in [5.74, 6) is 0.817. The number of nitrogens with zero attached hydrogens (tertiary/aromatic N) is 3. The predicted molar refractivity (Wildman–Crippen MR) is 67.9 cm³/mol. The van der Waals surface area contributed by atoms with Crippen molar-refractivity contribution in [1.82, 2.24) is 14.5 Å². The van der Waals surface area contributed by atoms with Crippen molar-refractivity contribution in [3.8, 4) is 5.75 Å².